The quantitative estimate of drug-likeness (QED) is 0.471. The summed E-state index contributed by atoms with van der Waals surface area (Å²) in [6.07, 6.45) is 0.217. The van der Waals surface area contributed by atoms with Crippen molar-refractivity contribution in [1.29, 1.82) is 0 Å². The number of ketones is 1. The Morgan fingerprint density at radius 1 is 1.16 bits per heavy atom. The molecule has 1 aliphatic heterocycles. The van der Waals surface area contributed by atoms with Crippen molar-refractivity contribution in [3.63, 3.8) is 0 Å². The molecule has 5 nitrogen and oxygen atoms in total. The van der Waals surface area contributed by atoms with E-state index in [1.807, 2.05) is 0 Å². The first kappa shape index (κ1) is 13.3. The average molecular weight is 274 g/mol. The normalized spacial score (nSPS) is 15.7. The Labute approximate surface area is 105 Å². The van der Waals surface area contributed by atoms with E-state index in [2.05, 4.69) is 0 Å². The van der Waals surface area contributed by atoms with Gasteiger partial charge in [-0.3, -0.25) is 14.9 Å². The van der Waals surface area contributed by atoms with Gasteiger partial charge in [0.1, 0.15) is 11.5 Å². The number of hydrogen-bond acceptors (Lipinski definition) is 4. The van der Waals surface area contributed by atoms with Gasteiger partial charge in [0.2, 0.25) is 5.82 Å². The minimum Gasteiger partial charge on any atom is -0.366 e. The van der Waals surface area contributed by atoms with Gasteiger partial charge in [0.05, 0.1) is 11.0 Å². The molecule has 0 spiro atoms. The minimum absolute atomic E-state index is 0.0422. The summed E-state index contributed by atoms with van der Waals surface area (Å²) >= 11 is 0. The summed E-state index contributed by atoms with van der Waals surface area (Å²) in [5.41, 5.74) is -1.90. The number of hydrogen-bond donors (Lipinski definition) is 0. The highest BCUT2D eigenvalue weighted by Crippen LogP contribution is 2.32. The monoisotopic (exact) mass is 274 g/mol. The van der Waals surface area contributed by atoms with Crippen LogP contribution in [0.2, 0.25) is 0 Å². The van der Waals surface area contributed by atoms with Gasteiger partial charge in [-0.25, -0.2) is 8.78 Å². The number of Topliss-reactive ketones (excluding diaryl/α,β-unsaturated/α-hetero) is 1. The van der Waals surface area contributed by atoms with Gasteiger partial charge in [0, 0.05) is 25.9 Å². The second-order valence-electron chi connectivity index (χ2n) is 4.14. The fraction of sp³-hybridized carbons (Fsp3) is 0.364. The molecule has 1 saturated heterocycles. The van der Waals surface area contributed by atoms with Crippen LogP contribution >= 0.6 is 0 Å². The number of rotatable bonds is 2. The molecule has 0 atom stereocenters. The second kappa shape index (κ2) is 4.87. The maximum absolute atomic E-state index is 13.7. The van der Waals surface area contributed by atoms with Crippen molar-refractivity contribution in [2.45, 2.75) is 12.8 Å². The number of benzene rings is 1. The van der Waals surface area contributed by atoms with E-state index in [1.165, 1.54) is 4.90 Å². The molecule has 0 bridgehead atoms. The number of nitro benzene ring substituents is 1. The van der Waals surface area contributed by atoms with Gasteiger partial charge in [0.25, 0.3) is 0 Å². The first-order chi connectivity index (χ1) is 8.91. The van der Waals surface area contributed by atoms with E-state index in [0.717, 1.165) is 0 Å². The van der Waals surface area contributed by atoms with Crippen molar-refractivity contribution in [2.24, 2.45) is 0 Å². The summed E-state index contributed by atoms with van der Waals surface area (Å²) in [6.45, 7) is 0.119. The van der Waals surface area contributed by atoms with Crippen LogP contribution in [0.5, 0.6) is 0 Å². The molecule has 1 aromatic carbocycles. The molecule has 0 radical (unpaired) electrons. The molecule has 0 saturated carbocycles. The van der Waals surface area contributed by atoms with Crippen molar-refractivity contribution in [2.75, 3.05) is 18.0 Å². The highest BCUT2D eigenvalue weighted by atomic mass is 19.2. The average Bonchev–Trinajstić information content (AvgIpc) is 2.36. The number of halogens is 3. The third-order valence-corrected chi connectivity index (χ3v) is 2.95. The number of nitrogens with zero attached hydrogens (tertiary/aromatic N) is 2. The summed E-state index contributed by atoms with van der Waals surface area (Å²) in [4.78, 5) is 21.5. The summed E-state index contributed by atoms with van der Waals surface area (Å²) in [7, 11) is 0. The zero-order valence-corrected chi connectivity index (χ0v) is 9.66. The molecule has 0 aliphatic carbocycles. The summed E-state index contributed by atoms with van der Waals surface area (Å²) in [6, 6.07) is 0.351. The summed E-state index contributed by atoms with van der Waals surface area (Å²) in [5, 5.41) is 10.4. The van der Waals surface area contributed by atoms with Gasteiger partial charge in [-0.15, -0.1) is 0 Å². The van der Waals surface area contributed by atoms with E-state index in [1.54, 1.807) is 0 Å². The van der Waals surface area contributed by atoms with E-state index in [-0.39, 0.29) is 31.7 Å². The molecule has 1 aliphatic rings. The maximum atomic E-state index is 13.7. The third-order valence-electron chi connectivity index (χ3n) is 2.95. The lowest BCUT2D eigenvalue weighted by Gasteiger charge is -2.28. The number of carbonyl (C=O) groups is 1. The SMILES string of the molecule is O=C1CCN(c2c(F)cc([N+](=O)[O-])c(F)c2F)CC1. The summed E-state index contributed by atoms with van der Waals surface area (Å²) in [5.74, 6) is -4.54. The van der Waals surface area contributed by atoms with E-state index in [4.69, 9.17) is 0 Å². The van der Waals surface area contributed by atoms with Gasteiger partial charge >= 0.3 is 5.69 Å². The van der Waals surface area contributed by atoms with Crippen LogP contribution in [-0.2, 0) is 4.79 Å². The molecule has 1 heterocycles. The molecule has 1 aromatic rings. The topological polar surface area (TPSA) is 63.5 Å². The molecule has 8 heteroatoms. The van der Waals surface area contributed by atoms with Gasteiger partial charge in [-0.2, -0.15) is 4.39 Å². The zero-order valence-electron chi connectivity index (χ0n) is 9.66. The molecule has 0 unspecified atom stereocenters. The molecular weight excluding hydrogens is 265 g/mol. The smallest absolute Gasteiger partial charge is 0.310 e. The van der Waals surface area contributed by atoms with Gasteiger partial charge < -0.3 is 4.90 Å². The van der Waals surface area contributed by atoms with E-state index < -0.39 is 33.7 Å². The van der Waals surface area contributed by atoms with Gasteiger partial charge in [-0.05, 0) is 0 Å². The third kappa shape index (κ3) is 2.38. The van der Waals surface area contributed by atoms with Crippen LogP contribution in [-0.4, -0.2) is 23.8 Å². The first-order valence-electron chi connectivity index (χ1n) is 5.50. The Bertz CT molecular complexity index is 553. The number of piperidine rings is 1. The fourth-order valence-corrected chi connectivity index (χ4v) is 1.98. The molecule has 1 fully saturated rings. The van der Waals surface area contributed by atoms with Crippen LogP contribution < -0.4 is 4.90 Å². The van der Waals surface area contributed by atoms with E-state index in [9.17, 15) is 28.1 Å². The predicted octanol–water partition coefficient (Wildman–Crippen LogP) is 2.18. The summed E-state index contributed by atoms with van der Waals surface area (Å²) < 4.78 is 40.9. The van der Waals surface area contributed by atoms with Crippen LogP contribution in [0.1, 0.15) is 12.8 Å². The van der Waals surface area contributed by atoms with Crippen molar-refractivity contribution >= 4 is 17.2 Å². The Morgan fingerprint density at radius 2 is 1.74 bits per heavy atom. The van der Waals surface area contributed by atoms with Crippen molar-refractivity contribution in [3.05, 3.63) is 33.6 Å². The molecule has 0 N–H and O–H groups in total. The number of carbonyl (C=O) groups excluding carboxylic acids is 1. The Kier molecular flexibility index (Phi) is 3.41. The van der Waals surface area contributed by atoms with Crippen LogP contribution in [0, 0.1) is 27.6 Å². The fourth-order valence-electron chi connectivity index (χ4n) is 1.98. The van der Waals surface area contributed by atoms with Crippen LogP contribution in [0.4, 0.5) is 24.5 Å². The lowest BCUT2D eigenvalue weighted by molar-refractivity contribution is -0.388. The molecule has 2 rings (SSSR count). The Morgan fingerprint density at radius 3 is 2.26 bits per heavy atom. The maximum Gasteiger partial charge on any atom is 0.310 e. The van der Waals surface area contributed by atoms with Crippen LogP contribution in [0.3, 0.4) is 0 Å². The standard InChI is InChI=1S/C11H9F3N2O3/c12-7-5-8(16(18)19)9(13)10(14)11(7)15-3-1-6(17)2-4-15/h5H,1-4H2. The molecule has 19 heavy (non-hydrogen) atoms. The Balaban J connectivity index is 2.44. The van der Waals surface area contributed by atoms with E-state index in [0.29, 0.717) is 6.07 Å². The lowest BCUT2D eigenvalue weighted by atomic mass is 10.1. The molecule has 0 amide bonds. The largest absolute Gasteiger partial charge is 0.366 e. The lowest BCUT2D eigenvalue weighted by Crippen LogP contribution is -2.35. The number of anilines is 1. The minimum atomic E-state index is -1.70. The highest BCUT2D eigenvalue weighted by molar-refractivity contribution is 5.81. The van der Waals surface area contributed by atoms with Gasteiger partial charge in [0.15, 0.2) is 11.6 Å². The second-order valence-corrected chi connectivity index (χ2v) is 4.14. The van der Waals surface area contributed by atoms with Crippen LogP contribution in [0.15, 0.2) is 6.07 Å². The molecule has 102 valence electrons. The van der Waals surface area contributed by atoms with Crippen molar-refractivity contribution in [3.8, 4) is 0 Å². The molecular formula is C11H9F3N2O3. The number of nitro groups is 1. The zero-order chi connectivity index (χ0) is 14.2. The van der Waals surface area contributed by atoms with Crippen molar-refractivity contribution < 1.29 is 22.9 Å². The highest BCUT2D eigenvalue weighted by Gasteiger charge is 2.30. The van der Waals surface area contributed by atoms with E-state index >= 15 is 0 Å². The predicted molar refractivity (Wildman–Crippen MR) is 59.4 cm³/mol. The van der Waals surface area contributed by atoms with Crippen molar-refractivity contribution in [1.82, 2.24) is 0 Å². The van der Waals surface area contributed by atoms with Crippen LogP contribution in [0.25, 0.3) is 0 Å². The molecule has 0 aromatic heterocycles. The Hall–Kier alpha value is -2.12. The van der Waals surface area contributed by atoms with Gasteiger partial charge in [-0.1, -0.05) is 0 Å². The first-order valence-corrected chi connectivity index (χ1v) is 5.50.